The van der Waals surface area contributed by atoms with Crippen LogP contribution in [0, 0.1) is 0 Å². The van der Waals surface area contributed by atoms with Gasteiger partial charge in [-0.1, -0.05) is 13.3 Å². The molecule has 0 aliphatic carbocycles. The van der Waals surface area contributed by atoms with Crippen molar-refractivity contribution in [3.8, 4) is 0 Å². The first-order valence-electron chi connectivity index (χ1n) is 6.58. The summed E-state index contributed by atoms with van der Waals surface area (Å²) in [6, 6.07) is 2.93. The minimum Gasteiger partial charge on any atom is -0.481 e. The smallest absolute Gasteiger partial charge is 0.319 e. The third kappa shape index (κ3) is 5.69. The molecule has 0 radical (unpaired) electrons. The van der Waals surface area contributed by atoms with Crippen LogP contribution in [-0.4, -0.2) is 27.6 Å². The van der Waals surface area contributed by atoms with E-state index in [-0.39, 0.29) is 18.0 Å². The molecule has 20 heavy (non-hydrogen) atoms. The Hall–Kier alpha value is -2.11. The Morgan fingerprint density at radius 3 is 2.55 bits per heavy atom. The van der Waals surface area contributed by atoms with E-state index in [1.807, 2.05) is 13.8 Å². The van der Waals surface area contributed by atoms with Gasteiger partial charge in [0.15, 0.2) is 0 Å². The van der Waals surface area contributed by atoms with Crippen molar-refractivity contribution < 1.29 is 14.7 Å². The molecule has 2 amide bonds. The summed E-state index contributed by atoms with van der Waals surface area (Å²) in [5.74, 6) is -0.933. The molecule has 0 saturated heterocycles. The molecule has 1 aromatic heterocycles. The number of pyridine rings is 1. The van der Waals surface area contributed by atoms with Gasteiger partial charge < -0.3 is 15.7 Å². The molecule has 0 unspecified atom stereocenters. The van der Waals surface area contributed by atoms with Gasteiger partial charge in [-0.2, -0.15) is 0 Å². The molecule has 6 heteroatoms. The molecule has 0 bridgehead atoms. The number of carbonyl (C=O) groups excluding carboxylic acids is 1. The number of nitrogens with zero attached hydrogens (tertiary/aromatic N) is 1. The van der Waals surface area contributed by atoms with Crippen LogP contribution in [0.15, 0.2) is 18.3 Å². The molecule has 1 heterocycles. The molecule has 3 N–H and O–H groups in total. The molecule has 0 spiro atoms. The molecule has 0 atom stereocenters. The maximum absolute atomic E-state index is 11.8. The zero-order chi connectivity index (χ0) is 15.2. The summed E-state index contributed by atoms with van der Waals surface area (Å²) >= 11 is 0. The van der Waals surface area contributed by atoms with E-state index in [9.17, 15) is 9.59 Å². The summed E-state index contributed by atoms with van der Waals surface area (Å²) in [7, 11) is 0. The highest BCUT2D eigenvalue weighted by molar-refractivity contribution is 5.89. The lowest BCUT2D eigenvalue weighted by Crippen LogP contribution is -2.45. The van der Waals surface area contributed by atoms with E-state index in [1.54, 1.807) is 12.1 Å². The fourth-order valence-electron chi connectivity index (χ4n) is 1.92. The molecule has 0 aliphatic heterocycles. The molecular formula is C14H21N3O3. The number of carboxylic acid groups (broad SMARTS) is 1. The van der Waals surface area contributed by atoms with Crippen molar-refractivity contribution in [1.29, 1.82) is 0 Å². The molecule has 1 rings (SSSR count). The minimum absolute atomic E-state index is 0.129. The number of nitrogens with one attached hydrogen (secondary N) is 2. The lowest BCUT2D eigenvalue weighted by molar-refractivity contribution is -0.136. The number of anilines is 1. The van der Waals surface area contributed by atoms with Gasteiger partial charge in [-0.25, -0.2) is 4.79 Å². The molecule has 6 nitrogen and oxygen atoms in total. The van der Waals surface area contributed by atoms with Crippen LogP contribution < -0.4 is 10.6 Å². The fraction of sp³-hybridized carbons (Fsp3) is 0.500. The molecule has 0 aliphatic rings. The van der Waals surface area contributed by atoms with Crippen LogP contribution in [0.5, 0.6) is 0 Å². The third-order valence-electron chi connectivity index (χ3n) is 2.74. The first-order chi connectivity index (χ1) is 9.32. The summed E-state index contributed by atoms with van der Waals surface area (Å²) in [5, 5.41) is 14.2. The average Bonchev–Trinajstić information content (AvgIpc) is 2.29. The Morgan fingerprint density at radius 2 is 2.05 bits per heavy atom. The van der Waals surface area contributed by atoms with Crippen molar-refractivity contribution >= 4 is 17.7 Å². The van der Waals surface area contributed by atoms with Crippen LogP contribution in [-0.2, 0) is 11.2 Å². The molecule has 0 fully saturated rings. The minimum atomic E-state index is -0.933. The van der Waals surface area contributed by atoms with Crippen molar-refractivity contribution in [2.75, 3.05) is 5.32 Å². The number of urea groups is 1. The van der Waals surface area contributed by atoms with Gasteiger partial charge in [0.25, 0.3) is 0 Å². The van der Waals surface area contributed by atoms with E-state index in [4.69, 9.17) is 5.11 Å². The predicted octanol–water partition coefficient (Wildman–Crippen LogP) is 2.41. The summed E-state index contributed by atoms with van der Waals surface area (Å²) in [4.78, 5) is 26.3. The highest BCUT2D eigenvalue weighted by Crippen LogP contribution is 2.12. The van der Waals surface area contributed by atoms with E-state index in [1.165, 1.54) is 6.20 Å². The van der Waals surface area contributed by atoms with Gasteiger partial charge in [-0.3, -0.25) is 9.78 Å². The number of hydrogen-bond acceptors (Lipinski definition) is 3. The van der Waals surface area contributed by atoms with Crippen molar-refractivity contribution in [3.05, 3.63) is 24.0 Å². The number of carboxylic acids is 1. The molecule has 110 valence electrons. The predicted molar refractivity (Wildman–Crippen MR) is 76.7 cm³/mol. The largest absolute Gasteiger partial charge is 0.481 e. The standard InChI is InChI=1S/C14H21N3O3/c1-4-7-14(2,3)17-13(20)16-11-6-5-10(15-9-11)8-12(18)19/h5-6,9H,4,7-8H2,1-3H3,(H,18,19)(H2,16,17,20). The first kappa shape index (κ1) is 15.9. The average molecular weight is 279 g/mol. The van der Waals surface area contributed by atoms with Crippen molar-refractivity contribution in [3.63, 3.8) is 0 Å². The number of rotatable bonds is 6. The SMILES string of the molecule is CCCC(C)(C)NC(=O)Nc1ccc(CC(=O)O)nc1. The van der Waals surface area contributed by atoms with Gasteiger partial charge in [0.1, 0.15) is 0 Å². The monoisotopic (exact) mass is 279 g/mol. The van der Waals surface area contributed by atoms with Gasteiger partial charge in [-0.15, -0.1) is 0 Å². The van der Waals surface area contributed by atoms with Crippen LogP contribution in [0.1, 0.15) is 39.3 Å². The highest BCUT2D eigenvalue weighted by Gasteiger charge is 2.19. The van der Waals surface area contributed by atoms with Gasteiger partial charge >= 0.3 is 12.0 Å². The van der Waals surface area contributed by atoms with Crippen molar-refractivity contribution in [2.24, 2.45) is 0 Å². The molecule has 1 aromatic rings. The normalized spacial score (nSPS) is 10.9. The van der Waals surface area contributed by atoms with Gasteiger partial charge in [0.2, 0.25) is 0 Å². The Balaban J connectivity index is 2.56. The zero-order valence-electron chi connectivity index (χ0n) is 12.1. The number of aliphatic carboxylic acids is 1. The lowest BCUT2D eigenvalue weighted by atomic mass is 9.99. The summed E-state index contributed by atoms with van der Waals surface area (Å²) in [5.41, 5.74) is 0.717. The van der Waals surface area contributed by atoms with Crippen LogP contribution in [0.4, 0.5) is 10.5 Å². The maximum Gasteiger partial charge on any atom is 0.319 e. The quantitative estimate of drug-likeness (QED) is 0.745. The van der Waals surface area contributed by atoms with Crippen LogP contribution >= 0.6 is 0 Å². The van der Waals surface area contributed by atoms with Gasteiger partial charge in [-0.05, 0) is 32.4 Å². The maximum atomic E-state index is 11.8. The number of aromatic nitrogens is 1. The van der Waals surface area contributed by atoms with E-state index >= 15 is 0 Å². The Bertz CT molecular complexity index is 469. The van der Waals surface area contributed by atoms with E-state index in [0.29, 0.717) is 11.4 Å². The van der Waals surface area contributed by atoms with Crippen molar-refractivity contribution in [1.82, 2.24) is 10.3 Å². The molecule has 0 saturated carbocycles. The summed E-state index contributed by atoms with van der Waals surface area (Å²) in [6.45, 7) is 5.99. The zero-order valence-corrected chi connectivity index (χ0v) is 12.1. The highest BCUT2D eigenvalue weighted by atomic mass is 16.4. The number of carbonyl (C=O) groups is 2. The second kappa shape index (κ2) is 6.88. The topological polar surface area (TPSA) is 91.3 Å². The lowest BCUT2D eigenvalue weighted by Gasteiger charge is -2.25. The van der Waals surface area contributed by atoms with Crippen LogP contribution in [0.2, 0.25) is 0 Å². The Labute approximate surface area is 118 Å². The first-order valence-corrected chi connectivity index (χ1v) is 6.58. The Kier molecular flexibility index (Phi) is 5.49. The van der Waals surface area contributed by atoms with E-state index in [0.717, 1.165) is 12.8 Å². The van der Waals surface area contributed by atoms with Gasteiger partial charge in [0.05, 0.1) is 24.0 Å². The number of hydrogen-bond donors (Lipinski definition) is 3. The van der Waals surface area contributed by atoms with E-state index < -0.39 is 5.97 Å². The van der Waals surface area contributed by atoms with Crippen LogP contribution in [0.25, 0.3) is 0 Å². The summed E-state index contributed by atoms with van der Waals surface area (Å²) in [6.07, 6.45) is 3.19. The second-order valence-electron chi connectivity index (χ2n) is 5.32. The second-order valence-corrected chi connectivity index (χ2v) is 5.32. The van der Waals surface area contributed by atoms with Crippen LogP contribution in [0.3, 0.4) is 0 Å². The molecule has 0 aromatic carbocycles. The fourth-order valence-corrected chi connectivity index (χ4v) is 1.92. The summed E-state index contributed by atoms with van der Waals surface area (Å²) < 4.78 is 0. The molecular weight excluding hydrogens is 258 g/mol. The Morgan fingerprint density at radius 1 is 1.35 bits per heavy atom. The van der Waals surface area contributed by atoms with Crippen molar-refractivity contribution in [2.45, 2.75) is 45.6 Å². The third-order valence-corrected chi connectivity index (χ3v) is 2.74. The van der Waals surface area contributed by atoms with E-state index in [2.05, 4.69) is 22.5 Å². The number of amides is 2. The van der Waals surface area contributed by atoms with Gasteiger partial charge in [0, 0.05) is 5.54 Å².